The first-order valence-electron chi connectivity index (χ1n) is 5.85. The Morgan fingerprint density at radius 1 is 0.765 bits per heavy atom. The summed E-state index contributed by atoms with van der Waals surface area (Å²) in [6, 6.07) is 26.3. The fourth-order valence-corrected chi connectivity index (χ4v) is 2.21. The molecule has 81 valence electrons. The van der Waals surface area contributed by atoms with Crippen LogP contribution in [-0.2, 0) is 6.42 Å². The van der Waals surface area contributed by atoms with E-state index >= 15 is 0 Å². The average Bonchev–Trinajstić information content (AvgIpc) is 2.40. The van der Waals surface area contributed by atoms with Gasteiger partial charge in [-0.3, -0.25) is 0 Å². The van der Waals surface area contributed by atoms with E-state index in [1.54, 1.807) is 0 Å². The lowest BCUT2D eigenvalue weighted by Crippen LogP contribution is -1.89. The van der Waals surface area contributed by atoms with Gasteiger partial charge >= 0.3 is 0 Å². The molecule has 0 unspecified atom stereocenters. The molecule has 0 heteroatoms. The maximum absolute atomic E-state index is 3.06. The highest BCUT2D eigenvalue weighted by molar-refractivity contribution is 5.85. The third-order valence-corrected chi connectivity index (χ3v) is 3.06. The average molecular weight is 217 g/mol. The molecule has 0 spiro atoms. The molecule has 0 fully saturated rings. The molecule has 0 bridgehead atoms. The Morgan fingerprint density at radius 2 is 1.53 bits per heavy atom. The predicted molar refractivity (Wildman–Crippen MR) is 72.0 cm³/mol. The third-order valence-electron chi connectivity index (χ3n) is 3.06. The van der Waals surface area contributed by atoms with E-state index in [0.717, 1.165) is 6.42 Å². The molecule has 0 aliphatic rings. The Balaban J connectivity index is 2.06. The van der Waals surface area contributed by atoms with E-state index in [2.05, 4.69) is 60.7 Å². The van der Waals surface area contributed by atoms with Crippen molar-refractivity contribution in [3.05, 3.63) is 83.9 Å². The zero-order valence-corrected chi connectivity index (χ0v) is 9.56. The lowest BCUT2D eigenvalue weighted by Gasteiger charge is -2.06. The van der Waals surface area contributed by atoms with Gasteiger partial charge in [0.1, 0.15) is 0 Å². The molecule has 0 saturated carbocycles. The summed E-state index contributed by atoms with van der Waals surface area (Å²) in [6.45, 7) is 0. The van der Waals surface area contributed by atoms with E-state index < -0.39 is 0 Å². The van der Waals surface area contributed by atoms with Crippen LogP contribution in [0.3, 0.4) is 0 Å². The molecule has 0 aliphatic carbocycles. The Hall–Kier alpha value is -2.08. The molecule has 0 N–H and O–H groups in total. The minimum absolute atomic E-state index is 0.982. The zero-order chi connectivity index (χ0) is 11.5. The molecular formula is C17H13. The van der Waals surface area contributed by atoms with Crippen molar-refractivity contribution in [1.29, 1.82) is 0 Å². The number of fused-ring (bicyclic) bond motifs is 1. The van der Waals surface area contributed by atoms with Crippen LogP contribution in [-0.4, -0.2) is 0 Å². The largest absolute Gasteiger partial charge is 0.0616 e. The van der Waals surface area contributed by atoms with Gasteiger partial charge in [0.05, 0.1) is 0 Å². The number of hydrogen-bond acceptors (Lipinski definition) is 0. The molecule has 0 aliphatic heterocycles. The van der Waals surface area contributed by atoms with E-state index in [4.69, 9.17) is 0 Å². The Labute approximate surface area is 102 Å². The van der Waals surface area contributed by atoms with Crippen LogP contribution < -0.4 is 0 Å². The van der Waals surface area contributed by atoms with Crippen LogP contribution >= 0.6 is 0 Å². The highest BCUT2D eigenvalue weighted by atomic mass is 14.0. The molecule has 1 radical (unpaired) electrons. The first-order valence-corrected chi connectivity index (χ1v) is 5.85. The monoisotopic (exact) mass is 217 g/mol. The molecule has 3 rings (SSSR count). The summed E-state index contributed by atoms with van der Waals surface area (Å²) in [5, 5.41) is 2.66. The summed E-state index contributed by atoms with van der Waals surface area (Å²) < 4.78 is 0. The van der Waals surface area contributed by atoms with Crippen molar-refractivity contribution < 1.29 is 0 Å². The van der Waals surface area contributed by atoms with Crippen LogP contribution in [0.4, 0.5) is 0 Å². The van der Waals surface area contributed by atoms with Crippen molar-refractivity contribution in [3.63, 3.8) is 0 Å². The first kappa shape index (κ1) is 10.1. The number of rotatable bonds is 2. The maximum Gasteiger partial charge on any atom is -0.00196 e. The quantitative estimate of drug-likeness (QED) is 0.602. The van der Waals surface area contributed by atoms with Gasteiger partial charge in [0.2, 0.25) is 0 Å². The van der Waals surface area contributed by atoms with E-state index in [1.165, 1.54) is 21.9 Å². The smallest absolute Gasteiger partial charge is 0.00196 e. The minimum Gasteiger partial charge on any atom is -0.0616 e. The van der Waals surface area contributed by atoms with Crippen LogP contribution in [0.15, 0.2) is 66.7 Å². The van der Waals surface area contributed by atoms with Gasteiger partial charge in [0, 0.05) is 0 Å². The van der Waals surface area contributed by atoms with Gasteiger partial charge in [0.25, 0.3) is 0 Å². The molecule has 0 heterocycles. The van der Waals surface area contributed by atoms with E-state index in [1.807, 2.05) is 12.1 Å². The molecule has 0 amide bonds. The highest BCUT2D eigenvalue weighted by Gasteiger charge is 2.00. The second-order valence-corrected chi connectivity index (χ2v) is 4.22. The van der Waals surface area contributed by atoms with Gasteiger partial charge in [-0.15, -0.1) is 0 Å². The zero-order valence-electron chi connectivity index (χ0n) is 9.56. The van der Waals surface area contributed by atoms with E-state index in [9.17, 15) is 0 Å². The summed E-state index contributed by atoms with van der Waals surface area (Å²) >= 11 is 0. The molecule has 3 aromatic rings. The van der Waals surface area contributed by atoms with Crippen LogP contribution in [0.2, 0.25) is 0 Å². The van der Waals surface area contributed by atoms with Crippen molar-refractivity contribution in [3.8, 4) is 0 Å². The minimum atomic E-state index is 0.982. The lowest BCUT2D eigenvalue weighted by atomic mass is 9.99. The fraction of sp³-hybridized carbons (Fsp3) is 0.0588. The SMILES string of the molecule is [c]1ccc(Cc2cccc3ccccc23)cc1. The van der Waals surface area contributed by atoms with Crippen LogP contribution in [0.5, 0.6) is 0 Å². The van der Waals surface area contributed by atoms with Crippen LogP contribution in [0.25, 0.3) is 10.8 Å². The predicted octanol–water partition coefficient (Wildman–Crippen LogP) is 4.23. The van der Waals surface area contributed by atoms with Crippen molar-refractivity contribution in [1.82, 2.24) is 0 Å². The van der Waals surface area contributed by atoms with Crippen LogP contribution in [0.1, 0.15) is 11.1 Å². The van der Waals surface area contributed by atoms with Crippen molar-refractivity contribution in [2.45, 2.75) is 6.42 Å². The van der Waals surface area contributed by atoms with Crippen molar-refractivity contribution in [2.24, 2.45) is 0 Å². The van der Waals surface area contributed by atoms with Gasteiger partial charge < -0.3 is 0 Å². The number of benzene rings is 3. The van der Waals surface area contributed by atoms with Gasteiger partial charge in [-0.2, -0.15) is 0 Å². The highest BCUT2D eigenvalue weighted by Crippen LogP contribution is 2.20. The Bertz CT molecular complexity index is 618. The summed E-state index contributed by atoms with van der Waals surface area (Å²) in [6.07, 6.45) is 0.982. The fourth-order valence-electron chi connectivity index (χ4n) is 2.21. The molecular weight excluding hydrogens is 204 g/mol. The second kappa shape index (κ2) is 4.42. The second-order valence-electron chi connectivity index (χ2n) is 4.22. The van der Waals surface area contributed by atoms with E-state index in [0.29, 0.717) is 0 Å². The Morgan fingerprint density at radius 3 is 2.41 bits per heavy atom. The van der Waals surface area contributed by atoms with Crippen molar-refractivity contribution >= 4 is 10.8 Å². The van der Waals surface area contributed by atoms with Crippen LogP contribution in [0, 0.1) is 6.07 Å². The Kier molecular flexibility index (Phi) is 2.63. The molecule has 0 atom stereocenters. The maximum atomic E-state index is 3.06. The lowest BCUT2D eigenvalue weighted by molar-refractivity contribution is 1.21. The summed E-state index contributed by atoms with van der Waals surface area (Å²) in [7, 11) is 0. The molecule has 0 saturated heterocycles. The van der Waals surface area contributed by atoms with Gasteiger partial charge in [0.15, 0.2) is 0 Å². The first-order chi connectivity index (χ1) is 8.43. The molecule has 17 heavy (non-hydrogen) atoms. The number of hydrogen-bond donors (Lipinski definition) is 0. The summed E-state index contributed by atoms with van der Waals surface area (Å²) in [5.41, 5.74) is 2.72. The summed E-state index contributed by atoms with van der Waals surface area (Å²) in [5.74, 6) is 0. The molecule has 0 aromatic heterocycles. The topological polar surface area (TPSA) is 0 Å². The summed E-state index contributed by atoms with van der Waals surface area (Å²) in [4.78, 5) is 0. The van der Waals surface area contributed by atoms with Gasteiger partial charge in [-0.1, -0.05) is 66.7 Å². The van der Waals surface area contributed by atoms with Gasteiger partial charge in [-0.05, 0) is 34.4 Å². The van der Waals surface area contributed by atoms with Gasteiger partial charge in [-0.25, -0.2) is 0 Å². The molecule has 0 nitrogen and oxygen atoms in total. The third kappa shape index (κ3) is 2.07. The van der Waals surface area contributed by atoms with E-state index in [-0.39, 0.29) is 0 Å². The standard InChI is InChI=1S/C17H13/c1-2-7-14(8-3-1)13-16-11-6-10-15-9-4-5-12-17(15)16/h2-12H,13H2. The van der Waals surface area contributed by atoms with Crippen molar-refractivity contribution in [2.75, 3.05) is 0 Å². The normalized spacial score (nSPS) is 10.6. The molecule has 3 aromatic carbocycles.